The highest BCUT2D eigenvalue weighted by molar-refractivity contribution is 5.98. The van der Waals surface area contributed by atoms with Gasteiger partial charge in [0.2, 0.25) is 5.91 Å². The smallest absolute Gasteiger partial charge is 0.257 e. The lowest BCUT2D eigenvalue weighted by Crippen LogP contribution is -2.53. The van der Waals surface area contributed by atoms with Crippen molar-refractivity contribution in [3.8, 4) is 5.75 Å². The molecule has 3 amide bonds. The topological polar surface area (TPSA) is 87.7 Å². The molecule has 0 bridgehead atoms. The van der Waals surface area contributed by atoms with E-state index in [1.54, 1.807) is 42.4 Å². The number of likely N-dealkylation sites (tertiary alicyclic amines) is 1. The van der Waals surface area contributed by atoms with E-state index in [0.717, 1.165) is 5.56 Å². The Morgan fingerprint density at radius 2 is 1.88 bits per heavy atom. The maximum absolute atomic E-state index is 13.0. The lowest BCUT2D eigenvalue weighted by molar-refractivity contribution is -0.124. The molecule has 0 aliphatic carbocycles. The molecule has 7 nitrogen and oxygen atoms in total. The number of rotatable bonds is 8. The minimum Gasteiger partial charge on any atom is -0.496 e. The zero-order valence-corrected chi connectivity index (χ0v) is 19.2. The molecule has 0 aromatic heterocycles. The molecule has 7 heteroatoms. The molecule has 0 spiro atoms. The second kappa shape index (κ2) is 11.3. The van der Waals surface area contributed by atoms with Crippen LogP contribution in [0.4, 0.5) is 0 Å². The van der Waals surface area contributed by atoms with Crippen LogP contribution in [0.5, 0.6) is 5.75 Å². The fourth-order valence-electron chi connectivity index (χ4n) is 4.12. The van der Waals surface area contributed by atoms with E-state index in [9.17, 15) is 14.4 Å². The molecule has 0 unspecified atom stereocenters. The molecule has 1 aliphatic heterocycles. The second-order valence-electron chi connectivity index (χ2n) is 8.18. The van der Waals surface area contributed by atoms with E-state index < -0.39 is 6.04 Å². The number of hydrogen-bond donors (Lipinski definition) is 2. The number of nitrogens with one attached hydrogen (secondary N) is 2. The first-order valence-corrected chi connectivity index (χ1v) is 11.1. The van der Waals surface area contributed by atoms with Gasteiger partial charge in [-0.2, -0.15) is 0 Å². The zero-order valence-electron chi connectivity index (χ0n) is 19.2. The van der Waals surface area contributed by atoms with Crippen LogP contribution >= 0.6 is 0 Å². The number of methoxy groups -OCH3 is 1. The lowest BCUT2D eigenvalue weighted by Gasteiger charge is -2.36. The van der Waals surface area contributed by atoms with Gasteiger partial charge in [0.15, 0.2) is 0 Å². The van der Waals surface area contributed by atoms with Gasteiger partial charge in [-0.3, -0.25) is 14.4 Å². The Morgan fingerprint density at radius 3 is 2.55 bits per heavy atom. The van der Waals surface area contributed by atoms with E-state index in [1.165, 1.54) is 0 Å². The van der Waals surface area contributed by atoms with Gasteiger partial charge in [-0.25, -0.2) is 0 Å². The number of benzene rings is 2. The minimum absolute atomic E-state index is 0.0923. The van der Waals surface area contributed by atoms with Crippen LogP contribution in [0, 0.1) is 12.8 Å². The number of ether oxygens (including phenoxy) is 1. The largest absolute Gasteiger partial charge is 0.496 e. The van der Waals surface area contributed by atoms with Crippen LogP contribution < -0.4 is 15.4 Å². The van der Waals surface area contributed by atoms with Gasteiger partial charge in [0, 0.05) is 25.2 Å². The van der Waals surface area contributed by atoms with Crippen molar-refractivity contribution in [3.05, 3.63) is 77.9 Å². The SMILES string of the molecule is C=CCNC(=O)[C@@H](NC(=O)c1cccc(C)c1)C1CCN(C(=O)c2ccccc2OC)CC1. The number of carbonyl (C=O) groups excluding carboxylic acids is 3. The quantitative estimate of drug-likeness (QED) is 0.607. The molecular weight excluding hydrogens is 418 g/mol. The van der Waals surface area contributed by atoms with E-state index in [1.807, 2.05) is 31.2 Å². The van der Waals surface area contributed by atoms with Crippen molar-refractivity contribution in [1.82, 2.24) is 15.5 Å². The first-order valence-electron chi connectivity index (χ1n) is 11.1. The van der Waals surface area contributed by atoms with Crippen LogP contribution in [0.25, 0.3) is 0 Å². The second-order valence-corrected chi connectivity index (χ2v) is 8.18. The monoisotopic (exact) mass is 449 g/mol. The van der Waals surface area contributed by atoms with Crippen LogP contribution in [-0.2, 0) is 4.79 Å². The molecule has 1 heterocycles. The fraction of sp³-hybridized carbons (Fsp3) is 0.346. The van der Waals surface area contributed by atoms with Gasteiger partial charge in [-0.15, -0.1) is 6.58 Å². The Hall–Kier alpha value is -3.61. The molecule has 0 saturated carbocycles. The van der Waals surface area contributed by atoms with Crippen LogP contribution in [0.1, 0.15) is 39.1 Å². The van der Waals surface area contributed by atoms with Crippen LogP contribution in [0.3, 0.4) is 0 Å². The van der Waals surface area contributed by atoms with Gasteiger partial charge in [-0.1, -0.05) is 35.9 Å². The van der Waals surface area contributed by atoms with Crippen LogP contribution in [0.2, 0.25) is 0 Å². The average molecular weight is 450 g/mol. The Kier molecular flexibility index (Phi) is 8.24. The predicted octanol–water partition coefficient (Wildman–Crippen LogP) is 2.96. The minimum atomic E-state index is -0.693. The summed E-state index contributed by atoms with van der Waals surface area (Å²) in [5.41, 5.74) is 2.00. The molecule has 2 N–H and O–H groups in total. The Morgan fingerprint density at radius 1 is 1.15 bits per heavy atom. The molecule has 33 heavy (non-hydrogen) atoms. The predicted molar refractivity (Wildman–Crippen MR) is 127 cm³/mol. The van der Waals surface area contributed by atoms with Crippen molar-refractivity contribution in [2.75, 3.05) is 26.7 Å². The number of aryl methyl sites for hydroxylation is 1. The molecule has 2 aromatic carbocycles. The van der Waals surface area contributed by atoms with Crippen molar-refractivity contribution in [2.24, 2.45) is 5.92 Å². The van der Waals surface area contributed by atoms with Gasteiger partial charge in [0.05, 0.1) is 12.7 Å². The molecular formula is C26H31N3O4. The lowest BCUT2D eigenvalue weighted by atomic mass is 9.88. The van der Waals surface area contributed by atoms with E-state index in [4.69, 9.17) is 4.74 Å². The Labute approximate surface area is 194 Å². The third kappa shape index (κ3) is 6.00. The van der Waals surface area contributed by atoms with Crippen molar-refractivity contribution >= 4 is 17.7 Å². The fourth-order valence-corrected chi connectivity index (χ4v) is 4.12. The normalized spacial score (nSPS) is 14.8. The molecule has 2 aromatic rings. The highest BCUT2D eigenvalue weighted by atomic mass is 16.5. The van der Waals surface area contributed by atoms with Gasteiger partial charge in [-0.05, 0) is 49.9 Å². The maximum Gasteiger partial charge on any atom is 0.257 e. The summed E-state index contributed by atoms with van der Waals surface area (Å²) < 4.78 is 5.32. The molecule has 1 atom stereocenters. The summed E-state index contributed by atoms with van der Waals surface area (Å²) in [5.74, 6) is -0.181. The summed E-state index contributed by atoms with van der Waals surface area (Å²) in [6.07, 6.45) is 2.80. The van der Waals surface area contributed by atoms with E-state index >= 15 is 0 Å². The molecule has 3 rings (SSSR count). The van der Waals surface area contributed by atoms with Gasteiger partial charge >= 0.3 is 0 Å². The van der Waals surface area contributed by atoms with Crippen molar-refractivity contribution in [2.45, 2.75) is 25.8 Å². The third-order valence-corrected chi connectivity index (χ3v) is 5.91. The summed E-state index contributed by atoms with van der Waals surface area (Å²) in [6, 6.07) is 13.7. The van der Waals surface area contributed by atoms with Gasteiger partial charge in [0.25, 0.3) is 11.8 Å². The first-order chi connectivity index (χ1) is 15.9. The van der Waals surface area contributed by atoms with Crippen molar-refractivity contribution in [1.29, 1.82) is 0 Å². The Balaban J connectivity index is 1.70. The summed E-state index contributed by atoms with van der Waals surface area (Å²) in [5, 5.41) is 5.73. The van der Waals surface area contributed by atoms with E-state index in [2.05, 4.69) is 17.2 Å². The van der Waals surface area contributed by atoms with E-state index in [-0.39, 0.29) is 23.6 Å². The molecule has 1 fully saturated rings. The zero-order chi connectivity index (χ0) is 23.8. The number of piperidine rings is 1. The summed E-state index contributed by atoms with van der Waals surface area (Å²) in [4.78, 5) is 40.5. The van der Waals surface area contributed by atoms with Gasteiger partial charge < -0.3 is 20.3 Å². The van der Waals surface area contributed by atoms with Crippen molar-refractivity contribution in [3.63, 3.8) is 0 Å². The average Bonchev–Trinajstić information content (AvgIpc) is 2.85. The highest BCUT2D eigenvalue weighted by Crippen LogP contribution is 2.25. The highest BCUT2D eigenvalue weighted by Gasteiger charge is 2.34. The first kappa shape index (κ1) is 24.0. The van der Waals surface area contributed by atoms with Gasteiger partial charge in [0.1, 0.15) is 11.8 Å². The standard InChI is InChI=1S/C26H31N3O4/c1-4-14-27-25(31)23(28-24(30)20-9-7-8-18(2)17-20)19-12-15-29(16-13-19)26(32)21-10-5-6-11-22(21)33-3/h4-11,17,19,23H,1,12-16H2,2-3H3,(H,27,31)(H,28,30)/t23-/m0/s1. The number of amides is 3. The van der Waals surface area contributed by atoms with Crippen LogP contribution in [-0.4, -0.2) is 55.4 Å². The molecule has 1 saturated heterocycles. The van der Waals surface area contributed by atoms with E-state index in [0.29, 0.717) is 49.4 Å². The summed E-state index contributed by atoms with van der Waals surface area (Å²) in [6.45, 7) is 6.86. The maximum atomic E-state index is 13.0. The molecule has 174 valence electrons. The molecule has 1 aliphatic rings. The number of para-hydroxylation sites is 1. The van der Waals surface area contributed by atoms with Crippen LogP contribution in [0.15, 0.2) is 61.2 Å². The summed E-state index contributed by atoms with van der Waals surface area (Å²) in [7, 11) is 1.54. The van der Waals surface area contributed by atoms with Crippen molar-refractivity contribution < 1.29 is 19.1 Å². The molecule has 0 radical (unpaired) electrons. The Bertz CT molecular complexity index is 1010. The number of nitrogens with zero attached hydrogens (tertiary/aromatic N) is 1. The number of hydrogen-bond acceptors (Lipinski definition) is 4. The summed E-state index contributed by atoms with van der Waals surface area (Å²) >= 11 is 0. The third-order valence-electron chi connectivity index (χ3n) is 5.91. The number of carbonyl (C=O) groups is 3.